The highest BCUT2D eigenvalue weighted by Crippen LogP contribution is 2.26. The molecule has 0 aliphatic rings. The van der Waals surface area contributed by atoms with Crippen LogP contribution in [0.2, 0.25) is 0 Å². The minimum Gasteiger partial charge on any atom is -0.480 e. The van der Waals surface area contributed by atoms with Gasteiger partial charge in [-0.1, -0.05) is 12.1 Å². The summed E-state index contributed by atoms with van der Waals surface area (Å²) < 4.78 is 6.86. The minimum atomic E-state index is 0.501. The molecule has 0 fully saturated rings. The molecule has 0 spiro atoms. The number of aromatic nitrogens is 4. The van der Waals surface area contributed by atoms with Gasteiger partial charge < -0.3 is 4.74 Å². The zero-order valence-corrected chi connectivity index (χ0v) is 11.3. The van der Waals surface area contributed by atoms with Crippen LogP contribution >= 0.6 is 0 Å². The van der Waals surface area contributed by atoms with Gasteiger partial charge in [-0.25, -0.2) is 4.68 Å². The molecule has 0 atom stereocenters. The van der Waals surface area contributed by atoms with Crippen LogP contribution in [0.4, 0.5) is 0 Å². The molecule has 0 saturated carbocycles. The number of benzene rings is 1. The van der Waals surface area contributed by atoms with E-state index in [2.05, 4.69) is 28.3 Å². The first kappa shape index (κ1) is 12.3. The Balaban J connectivity index is 2.13. The van der Waals surface area contributed by atoms with Crippen LogP contribution in [0.3, 0.4) is 0 Å². The zero-order chi connectivity index (χ0) is 13.9. The van der Waals surface area contributed by atoms with Crippen molar-refractivity contribution in [3.8, 4) is 22.8 Å². The van der Waals surface area contributed by atoms with Gasteiger partial charge in [0.2, 0.25) is 5.88 Å². The summed E-state index contributed by atoms with van der Waals surface area (Å²) in [6.45, 7) is 2.05. The minimum absolute atomic E-state index is 0.501. The Hall–Kier alpha value is -2.69. The Morgan fingerprint density at radius 1 is 1.10 bits per heavy atom. The monoisotopic (exact) mass is 266 g/mol. The normalized spacial score (nSPS) is 10.5. The van der Waals surface area contributed by atoms with Crippen molar-refractivity contribution in [2.24, 2.45) is 0 Å². The largest absolute Gasteiger partial charge is 0.480 e. The van der Waals surface area contributed by atoms with Crippen molar-refractivity contribution in [3.63, 3.8) is 0 Å². The predicted octanol–water partition coefficient (Wildman–Crippen LogP) is 2.65. The summed E-state index contributed by atoms with van der Waals surface area (Å²) in [5, 5.41) is 12.5. The van der Waals surface area contributed by atoms with Gasteiger partial charge in [0.15, 0.2) is 0 Å². The van der Waals surface area contributed by atoms with Gasteiger partial charge in [-0.2, -0.15) is 5.10 Å². The molecule has 0 amide bonds. The Morgan fingerprint density at radius 3 is 2.65 bits per heavy atom. The number of hydrogen-bond acceptors (Lipinski definition) is 4. The zero-order valence-electron chi connectivity index (χ0n) is 11.3. The molecule has 100 valence electrons. The van der Waals surface area contributed by atoms with Crippen LogP contribution < -0.4 is 4.74 Å². The molecule has 0 bridgehead atoms. The highest BCUT2D eigenvalue weighted by atomic mass is 16.5. The Morgan fingerprint density at radius 2 is 2.00 bits per heavy atom. The van der Waals surface area contributed by atoms with E-state index in [1.54, 1.807) is 19.4 Å². The molecule has 0 radical (unpaired) electrons. The Labute approximate surface area is 116 Å². The van der Waals surface area contributed by atoms with Crippen LogP contribution in [-0.4, -0.2) is 27.1 Å². The maximum absolute atomic E-state index is 5.04. The van der Waals surface area contributed by atoms with E-state index in [-0.39, 0.29) is 0 Å². The molecule has 0 unspecified atom stereocenters. The van der Waals surface area contributed by atoms with Crippen LogP contribution in [0.25, 0.3) is 16.9 Å². The molecule has 2 heterocycles. The number of hydrogen-bond donors (Lipinski definition) is 0. The van der Waals surface area contributed by atoms with Crippen molar-refractivity contribution in [1.82, 2.24) is 20.0 Å². The van der Waals surface area contributed by atoms with E-state index in [1.807, 2.05) is 35.1 Å². The summed E-state index contributed by atoms with van der Waals surface area (Å²) >= 11 is 0. The molecule has 5 heteroatoms. The maximum atomic E-state index is 5.04. The van der Waals surface area contributed by atoms with Gasteiger partial charge in [0, 0.05) is 24.0 Å². The average Bonchev–Trinajstić information content (AvgIpc) is 3.01. The van der Waals surface area contributed by atoms with E-state index in [0.29, 0.717) is 5.88 Å². The van der Waals surface area contributed by atoms with Gasteiger partial charge in [0.25, 0.3) is 0 Å². The van der Waals surface area contributed by atoms with Crippen LogP contribution in [0.1, 0.15) is 5.56 Å². The third-order valence-corrected chi connectivity index (χ3v) is 3.03. The second kappa shape index (κ2) is 5.13. The number of ether oxygens (including phenoxy) is 1. The quantitative estimate of drug-likeness (QED) is 0.731. The van der Waals surface area contributed by atoms with E-state index < -0.39 is 0 Å². The van der Waals surface area contributed by atoms with Crippen molar-refractivity contribution in [1.29, 1.82) is 0 Å². The van der Waals surface area contributed by atoms with Crippen LogP contribution in [0, 0.1) is 6.92 Å². The topological polar surface area (TPSA) is 52.8 Å². The molecule has 0 N–H and O–H groups in total. The standard InChI is InChI=1S/C15H14N4O/c1-11-4-5-12(13-6-7-15(20-2)18-17-13)14(10-11)19-9-3-8-16-19/h3-10H,1-2H3. The number of nitrogens with zero attached hydrogens (tertiary/aromatic N) is 4. The fraction of sp³-hybridized carbons (Fsp3) is 0.133. The first-order valence-corrected chi connectivity index (χ1v) is 6.26. The third-order valence-electron chi connectivity index (χ3n) is 3.03. The number of rotatable bonds is 3. The van der Waals surface area contributed by atoms with Gasteiger partial charge >= 0.3 is 0 Å². The van der Waals surface area contributed by atoms with Gasteiger partial charge in [-0.05, 0) is 30.7 Å². The second-order valence-corrected chi connectivity index (χ2v) is 4.43. The van der Waals surface area contributed by atoms with Crippen LogP contribution in [-0.2, 0) is 0 Å². The second-order valence-electron chi connectivity index (χ2n) is 4.43. The number of aryl methyl sites for hydroxylation is 1. The highest BCUT2D eigenvalue weighted by molar-refractivity contribution is 5.70. The van der Waals surface area contributed by atoms with E-state index in [0.717, 1.165) is 16.9 Å². The lowest BCUT2D eigenvalue weighted by Gasteiger charge is -2.10. The Kier molecular flexibility index (Phi) is 3.16. The molecule has 20 heavy (non-hydrogen) atoms. The predicted molar refractivity (Wildman–Crippen MR) is 75.9 cm³/mol. The fourth-order valence-corrected chi connectivity index (χ4v) is 2.03. The molecular formula is C15H14N4O. The van der Waals surface area contributed by atoms with Crippen molar-refractivity contribution in [3.05, 3.63) is 54.4 Å². The van der Waals surface area contributed by atoms with Gasteiger partial charge in [0.05, 0.1) is 18.5 Å². The molecule has 0 saturated heterocycles. The first-order chi connectivity index (χ1) is 9.78. The van der Waals surface area contributed by atoms with Crippen molar-refractivity contribution >= 4 is 0 Å². The van der Waals surface area contributed by atoms with E-state index in [9.17, 15) is 0 Å². The third kappa shape index (κ3) is 2.25. The molecular weight excluding hydrogens is 252 g/mol. The summed E-state index contributed by atoms with van der Waals surface area (Å²) in [5.74, 6) is 0.501. The summed E-state index contributed by atoms with van der Waals surface area (Å²) in [7, 11) is 1.57. The maximum Gasteiger partial charge on any atom is 0.233 e. The summed E-state index contributed by atoms with van der Waals surface area (Å²) in [4.78, 5) is 0. The average molecular weight is 266 g/mol. The summed E-state index contributed by atoms with van der Waals surface area (Å²) in [6, 6.07) is 11.7. The molecule has 3 rings (SSSR count). The van der Waals surface area contributed by atoms with Crippen LogP contribution in [0.5, 0.6) is 5.88 Å². The molecule has 0 aliphatic heterocycles. The number of methoxy groups -OCH3 is 1. The summed E-state index contributed by atoms with van der Waals surface area (Å²) in [5.41, 5.74) is 3.92. The lowest BCUT2D eigenvalue weighted by atomic mass is 10.1. The fourth-order valence-electron chi connectivity index (χ4n) is 2.03. The molecule has 5 nitrogen and oxygen atoms in total. The summed E-state index contributed by atoms with van der Waals surface area (Å²) in [6.07, 6.45) is 3.67. The first-order valence-electron chi connectivity index (χ1n) is 6.26. The van der Waals surface area contributed by atoms with E-state index in [4.69, 9.17) is 4.74 Å². The molecule has 3 aromatic rings. The van der Waals surface area contributed by atoms with E-state index >= 15 is 0 Å². The Bertz CT molecular complexity index is 705. The lowest BCUT2D eigenvalue weighted by Crippen LogP contribution is -2.00. The van der Waals surface area contributed by atoms with Crippen molar-refractivity contribution in [2.45, 2.75) is 6.92 Å². The van der Waals surface area contributed by atoms with Crippen molar-refractivity contribution < 1.29 is 4.74 Å². The SMILES string of the molecule is COc1ccc(-c2ccc(C)cc2-n2cccn2)nn1. The molecule has 2 aromatic heterocycles. The molecule has 0 aliphatic carbocycles. The van der Waals surface area contributed by atoms with Crippen molar-refractivity contribution in [2.75, 3.05) is 7.11 Å². The van der Waals surface area contributed by atoms with Gasteiger partial charge in [-0.15, -0.1) is 10.2 Å². The van der Waals surface area contributed by atoms with Gasteiger partial charge in [-0.3, -0.25) is 0 Å². The highest BCUT2D eigenvalue weighted by Gasteiger charge is 2.10. The van der Waals surface area contributed by atoms with E-state index in [1.165, 1.54) is 5.56 Å². The lowest BCUT2D eigenvalue weighted by molar-refractivity contribution is 0.392. The molecule has 1 aromatic carbocycles. The van der Waals surface area contributed by atoms with Gasteiger partial charge in [0.1, 0.15) is 0 Å². The smallest absolute Gasteiger partial charge is 0.233 e. The van der Waals surface area contributed by atoms with Crippen LogP contribution in [0.15, 0.2) is 48.8 Å².